The van der Waals surface area contributed by atoms with E-state index in [1.807, 2.05) is 49.3 Å². The molecule has 20 heavy (non-hydrogen) atoms. The minimum atomic E-state index is -0.652. The van der Waals surface area contributed by atoms with Crippen LogP contribution >= 0.6 is 0 Å². The first-order valence-corrected chi connectivity index (χ1v) is 6.71. The van der Waals surface area contributed by atoms with Crippen molar-refractivity contribution >= 4 is 0 Å². The normalized spacial score (nSPS) is 14.2. The highest BCUT2D eigenvalue weighted by molar-refractivity contribution is 5.27. The lowest BCUT2D eigenvalue weighted by Gasteiger charge is -2.26. The van der Waals surface area contributed by atoms with Crippen molar-refractivity contribution in [2.24, 2.45) is 0 Å². The Labute approximate surface area is 119 Å². The molecule has 0 heterocycles. The maximum Gasteiger partial charge on any atom is 0.123 e. The molecule has 0 spiro atoms. The van der Waals surface area contributed by atoms with E-state index in [9.17, 15) is 9.50 Å². The van der Waals surface area contributed by atoms with Crippen molar-refractivity contribution in [1.29, 1.82) is 0 Å². The van der Waals surface area contributed by atoms with Gasteiger partial charge in [-0.15, -0.1) is 0 Å². The number of likely N-dealkylation sites (N-methyl/N-ethyl adjacent to an activating group) is 1. The van der Waals surface area contributed by atoms with E-state index >= 15 is 0 Å². The molecule has 0 fully saturated rings. The zero-order valence-corrected chi connectivity index (χ0v) is 11.8. The van der Waals surface area contributed by atoms with Crippen molar-refractivity contribution in [1.82, 2.24) is 4.90 Å². The molecule has 0 aliphatic rings. The van der Waals surface area contributed by atoms with Gasteiger partial charge in [0.1, 0.15) is 5.82 Å². The summed E-state index contributed by atoms with van der Waals surface area (Å²) >= 11 is 0. The van der Waals surface area contributed by atoms with Crippen LogP contribution in [-0.2, 0) is 0 Å². The number of nitrogens with zero attached hydrogens (tertiary/aromatic N) is 1. The molecule has 0 aliphatic carbocycles. The Morgan fingerprint density at radius 2 is 1.55 bits per heavy atom. The van der Waals surface area contributed by atoms with Gasteiger partial charge in [-0.2, -0.15) is 0 Å². The second-order valence-corrected chi connectivity index (χ2v) is 5.28. The Bertz CT molecular complexity index is 524. The maximum absolute atomic E-state index is 13.0. The smallest absolute Gasteiger partial charge is 0.123 e. The van der Waals surface area contributed by atoms with E-state index in [0.29, 0.717) is 0 Å². The van der Waals surface area contributed by atoms with E-state index < -0.39 is 6.10 Å². The fraction of sp³-hybridized carbons (Fsp3) is 0.294. The van der Waals surface area contributed by atoms with E-state index in [1.54, 1.807) is 12.1 Å². The molecule has 0 radical (unpaired) electrons. The average Bonchev–Trinajstić information content (AvgIpc) is 2.45. The Kier molecular flexibility index (Phi) is 4.88. The molecule has 0 amide bonds. The zero-order valence-electron chi connectivity index (χ0n) is 11.8. The van der Waals surface area contributed by atoms with Gasteiger partial charge in [-0.25, -0.2) is 4.39 Å². The zero-order chi connectivity index (χ0) is 14.5. The van der Waals surface area contributed by atoms with Crippen LogP contribution < -0.4 is 0 Å². The van der Waals surface area contributed by atoms with Crippen molar-refractivity contribution < 1.29 is 9.50 Å². The van der Waals surface area contributed by atoms with Crippen LogP contribution in [0.1, 0.15) is 23.1 Å². The van der Waals surface area contributed by atoms with Crippen LogP contribution in [0.5, 0.6) is 0 Å². The lowest BCUT2D eigenvalue weighted by molar-refractivity contribution is 0.128. The molecule has 2 aromatic rings. The predicted octanol–water partition coefficient (Wildman–Crippen LogP) is 3.20. The van der Waals surface area contributed by atoms with Gasteiger partial charge in [0.15, 0.2) is 0 Å². The molecule has 0 aromatic heterocycles. The first-order valence-electron chi connectivity index (χ1n) is 6.71. The molecular formula is C17H20FNO. The van der Waals surface area contributed by atoms with Gasteiger partial charge in [-0.05, 0) is 37.4 Å². The van der Waals surface area contributed by atoms with Crippen LogP contribution in [0.15, 0.2) is 54.6 Å². The predicted molar refractivity (Wildman–Crippen MR) is 79.1 cm³/mol. The van der Waals surface area contributed by atoms with Crippen LogP contribution in [0.3, 0.4) is 0 Å². The number of hydrogen-bond donors (Lipinski definition) is 1. The molecule has 0 saturated carbocycles. The van der Waals surface area contributed by atoms with Crippen molar-refractivity contribution in [2.45, 2.75) is 12.0 Å². The number of benzene rings is 2. The minimum absolute atomic E-state index is 0.0448. The topological polar surface area (TPSA) is 23.5 Å². The van der Waals surface area contributed by atoms with Crippen LogP contribution in [0.2, 0.25) is 0 Å². The standard InChI is InChI=1S/C17H20FNO/c1-19(2)12-16(13-6-4-3-5-7-13)17(20)14-8-10-15(18)11-9-14/h3-11,16-17,20H,12H2,1-2H3. The van der Waals surface area contributed by atoms with E-state index in [-0.39, 0.29) is 11.7 Å². The molecule has 2 nitrogen and oxygen atoms in total. The second-order valence-electron chi connectivity index (χ2n) is 5.28. The molecule has 2 unspecified atom stereocenters. The largest absolute Gasteiger partial charge is 0.388 e. The average molecular weight is 273 g/mol. The van der Waals surface area contributed by atoms with Gasteiger partial charge in [0.25, 0.3) is 0 Å². The Balaban J connectivity index is 2.28. The van der Waals surface area contributed by atoms with Gasteiger partial charge in [0, 0.05) is 12.5 Å². The molecule has 2 aromatic carbocycles. The Hall–Kier alpha value is -1.71. The van der Waals surface area contributed by atoms with Crippen molar-refractivity contribution in [3.8, 4) is 0 Å². The molecule has 3 heteroatoms. The van der Waals surface area contributed by atoms with E-state index in [1.165, 1.54) is 12.1 Å². The highest BCUT2D eigenvalue weighted by Gasteiger charge is 2.23. The number of aliphatic hydroxyl groups excluding tert-OH is 1. The fourth-order valence-corrected chi connectivity index (χ4v) is 2.37. The second kappa shape index (κ2) is 6.64. The Morgan fingerprint density at radius 1 is 0.950 bits per heavy atom. The highest BCUT2D eigenvalue weighted by atomic mass is 19.1. The molecule has 2 atom stereocenters. The molecule has 0 bridgehead atoms. The summed E-state index contributed by atoms with van der Waals surface area (Å²) in [6.07, 6.45) is -0.652. The van der Waals surface area contributed by atoms with Gasteiger partial charge < -0.3 is 10.0 Å². The number of rotatable bonds is 5. The summed E-state index contributed by atoms with van der Waals surface area (Å²) in [6, 6.07) is 16.0. The van der Waals surface area contributed by atoms with E-state index in [0.717, 1.165) is 17.7 Å². The lowest BCUT2D eigenvalue weighted by Crippen LogP contribution is -2.25. The molecule has 106 valence electrons. The van der Waals surface area contributed by atoms with Gasteiger partial charge in [-0.3, -0.25) is 0 Å². The van der Waals surface area contributed by atoms with Crippen molar-refractivity contribution in [2.75, 3.05) is 20.6 Å². The van der Waals surface area contributed by atoms with Crippen LogP contribution in [0, 0.1) is 5.82 Å². The minimum Gasteiger partial charge on any atom is -0.388 e. The summed E-state index contributed by atoms with van der Waals surface area (Å²) < 4.78 is 13.0. The van der Waals surface area contributed by atoms with Gasteiger partial charge in [-0.1, -0.05) is 42.5 Å². The summed E-state index contributed by atoms with van der Waals surface area (Å²) in [5, 5.41) is 10.6. The first-order chi connectivity index (χ1) is 9.58. The van der Waals surface area contributed by atoms with E-state index in [4.69, 9.17) is 0 Å². The molecule has 2 rings (SSSR count). The van der Waals surface area contributed by atoms with Gasteiger partial charge in [0.2, 0.25) is 0 Å². The highest BCUT2D eigenvalue weighted by Crippen LogP contribution is 2.31. The third-order valence-electron chi connectivity index (χ3n) is 3.38. The van der Waals surface area contributed by atoms with E-state index in [2.05, 4.69) is 0 Å². The third-order valence-corrected chi connectivity index (χ3v) is 3.38. The SMILES string of the molecule is CN(C)CC(c1ccccc1)C(O)c1ccc(F)cc1. The lowest BCUT2D eigenvalue weighted by atomic mass is 9.89. The van der Waals surface area contributed by atoms with Crippen molar-refractivity contribution in [3.63, 3.8) is 0 Å². The summed E-state index contributed by atoms with van der Waals surface area (Å²) in [5.74, 6) is -0.332. The molecule has 1 N–H and O–H groups in total. The number of aliphatic hydroxyl groups is 1. The summed E-state index contributed by atoms with van der Waals surface area (Å²) in [6.45, 7) is 0.725. The number of halogens is 1. The maximum atomic E-state index is 13.0. The molecule has 0 saturated heterocycles. The summed E-state index contributed by atoms with van der Waals surface area (Å²) in [4.78, 5) is 2.05. The molecular weight excluding hydrogens is 253 g/mol. The first kappa shape index (κ1) is 14.7. The van der Waals surface area contributed by atoms with Gasteiger partial charge in [0.05, 0.1) is 6.10 Å². The van der Waals surface area contributed by atoms with Gasteiger partial charge >= 0.3 is 0 Å². The third kappa shape index (κ3) is 3.65. The summed E-state index contributed by atoms with van der Waals surface area (Å²) in [5.41, 5.74) is 1.82. The van der Waals surface area contributed by atoms with Crippen molar-refractivity contribution in [3.05, 3.63) is 71.5 Å². The fourth-order valence-electron chi connectivity index (χ4n) is 2.37. The number of hydrogen-bond acceptors (Lipinski definition) is 2. The monoisotopic (exact) mass is 273 g/mol. The van der Waals surface area contributed by atoms with Crippen LogP contribution in [0.25, 0.3) is 0 Å². The quantitative estimate of drug-likeness (QED) is 0.904. The van der Waals surface area contributed by atoms with Crippen LogP contribution in [0.4, 0.5) is 4.39 Å². The Morgan fingerprint density at radius 3 is 2.10 bits per heavy atom. The molecule has 0 aliphatic heterocycles. The summed E-state index contributed by atoms with van der Waals surface area (Å²) in [7, 11) is 3.96. The van der Waals surface area contributed by atoms with Crippen LogP contribution in [-0.4, -0.2) is 30.6 Å².